The SMILES string of the molecule is Cc1cccc(OCc2nc(-c3ccc(NS(=O)(=O)c4cccs4)cc3)no2)c1. The number of benzene rings is 2. The van der Waals surface area contributed by atoms with E-state index in [0.717, 1.165) is 22.6 Å². The first-order valence-electron chi connectivity index (χ1n) is 8.68. The van der Waals surface area contributed by atoms with Gasteiger partial charge in [0.05, 0.1) is 0 Å². The third kappa shape index (κ3) is 4.64. The van der Waals surface area contributed by atoms with Crippen molar-refractivity contribution in [2.45, 2.75) is 17.7 Å². The van der Waals surface area contributed by atoms with Crippen molar-refractivity contribution in [1.82, 2.24) is 10.1 Å². The molecular weight excluding hydrogens is 410 g/mol. The van der Waals surface area contributed by atoms with Crippen molar-refractivity contribution in [2.24, 2.45) is 0 Å². The molecule has 2 aromatic carbocycles. The van der Waals surface area contributed by atoms with Gasteiger partial charge in [0, 0.05) is 11.3 Å². The minimum Gasteiger partial charge on any atom is -0.484 e. The van der Waals surface area contributed by atoms with Crippen LogP contribution in [0.3, 0.4) is 0 Å². The Hall–Kier alpha value is -3.17. The Morgan fingerprint density at radius 2 is 1.93 bits per heavy atom. The van der Waals surface area contributed by atoms with Crippen molar-refractivity contribution in [1.29, 1.82) is 0 Å². The van der Waals surface area contributed by atoms with E-state index in [1.54, 1.807) is 41.8 Å². The average molecular weight is 428 g/mol. The van der Waals surface area contributed by atoms with Crippen molar-refractivity contribution in [3.05, 3.63) is 77.5 Å². The molecule has 7 nitrogen and oxygen atoms in total. The van der Waals surface area contributed by atoms with E-state index in [1.807, 2.05) is 31.2 Å². The van der Waals surface area contributed by atoms with E-state index >= 15 is 0 Å². The fourth-order valence-electron chi connectivity index (χ4n) is 2.59. The molecule has 0 aliphatic rings. The Morgan fingerprint density at radius 1 is 1.10 bits per heavy atom. The Labute approximate surface area is 172 Å². The van der Waals surface area contributed by atoms with E-state index in [9.17, 15) is 8.42 Å². The van der Waals surface area contributed by atoms with Crippen molar-refractivity contribution in [2.75, 3.05) is 4.72 Å². The van der Waals surface area contributed by atoms with Crippen LogP contribution in [0.1, 0.15) is 11.5 Å². The molecule has 0 unspecified atom stereocenters. The summed E-state index contributed by atoms with van der Waals surface area (Å²) in [5, 5.41) is 5.67. The molecule has 1 N–H and O–H groups in total. The fourth-order valence-corrected chi connectivity index (χ4v) is 4.64. The van der Waals surface area contributed by atoms with Crippen LogP contribution in [-0.2, 0) is 16.6 Å². The Morgan fingerprint density at radius 3 is 2.66 bits per heavy atom. The number of nitrogens with zero attached hydrogens (tertiary/aromatic N) is 2. The summed E-state index contributed by atoms with van der Waals surface area (Å²) in [7, 11) is -3.58. The number of rotatable bonds is 7. The predicted octanol–water partition coefficient (Wildman–Crippen LogP) is 4.49. The molecule has 0 aliphatic heterocycles. The van der Waals surface area contributed by atoms with Crippen molar-refractivity contribution >= 4 is 27.0 Å². The van der Waals surface area contributed by atoms with Crippen LogP contribution in [0.2, 0.25) is 0 Å². The van der Waals surface area contributed by atoms with Gasteiger partial charge in [-0.2, -0.15) is 4.98 Å². The third-order valence-corrected chi connectivity index (χ3v) is 6.75. The smallest absolute Gasteiger partial charge is 0.271 e. The summed E-state index contributed by atoms with van der Waals surface area (Å²) in [5.41, 5.74) is 2.26. The number of ether oxygens (including phenoxy) is 1. The molecule has 148 valence electrons. The van der Waals surface area contributed by atoms with Gasteiger partial charge in [0.1, 0.15) is 9.96 Å². The minimum absolute atomic E-state index is 0.162. The molecule has 4 aromatic rings. The molecule has 2 aromatic heterocycles. The van der Waals surface area contributed by atoms with Gasteiger partial charge in [-0.15, -0.1) is 11.3 Å². The Balaban J connectivity index is 1.42. The summed E-state index contributed by atoms with van der Waals surface area (Å²) < 4.78 is 38.3. The second-order valence-corrected chi connectivity index (χ2v) is 9.09. The largest absolute Gasteiger partial charge is 0.484 e. The summed E-state index contributed by atoms with van der Waals surface area (Å²) in [5.74, 6) is 1.48. The maximum Gasteiger partial charge on any atom is 0.271 e. The normalized spacial score (nSPS) is 11.3. The van der Waals surface area contributed by atoms with Crippen LogP contribution >= 0.6 is 11.3 Å². The van der Waals surface area contributed by atoms with Crippen molar-refractivity contribution in [3.8, 4) is 17.1 Å². The van der Waals surface area contributed by atoms with Gasteiger partial charge >= 0.3 is 0 Å². The molecule has 0 bridgehead atoms. The van der Waals surface area contributed by atoms with E-state index in [0.29, 0.717) is 23.0 Å². The molecule has 2 heterocycles. The van der Waals surface area contributed by atoms with Crippen LogP contribution in [0.5, 0.6) is 5.75 Å². The standard InChI is InChI=1S/C20H17N3O4S2/c1-14-4-2-5-17(12-14)26-13-18-21-20(22-27-18)15-7-9-16(10-8-15)23-29(24,25)19-6-3-11-28-19/h2-12,23H,13H2,1H3. The van der Waals surface area contributed by atoms with Crippen LogP contribution < -0.4 is 9.46 Å². The highest BCUT2D eigenvalue weighted by atomic mass is 32.2. The molecule has 0 spiro atoms. The molecule has 0 atom stereocenters. The summed E-state index contributed by atoms with van der Waals surface area (Å²) in [6.45, 7) is 2.15. The molecule has 0 aliphatic carbocycles. The molecule has 29 heavy (non-hydrogen) atoms. The van der Waals surface area contributed by atoms with Gasteiger partial charge in [0.25, 0.3) is 15.9 Å². The second kappa shape index (κ2) is 8.06. The molecule has 0 amide bonds. The molecule has 0 saturated carbocycles. The summed E-state index contributed by atoms with van der Waals surface area (Å²) >= 11 is 1.16. The first-order chi connectivity index (χ1) is 14.0. The van der Waals surface area contributed by atoms with Gasteiger partial charge in [-0.3, -0.25) is 4.72 Å². The summed E-state index contributed by atoms with van der Waals surface area (Å²) in [4.78, 5) is 4.32. The minimum atomic E-state index is -3.58. The lowest BCUT2D eigenvalue weighted by Crippen LogP contribution is -2.11. The highest BCUT2D eigenvalue weighted by Gasteiger charge is 2.15. The average Bonchev–Trinajstić information content (AvgIpc) is 3.39. The number of sulfonamides is 1. The molecular formula is C20H17N3O4S2. The van der Waals surface area contributed by atoms with Gasteiger partial charge in [-0.05, 0) is 60.3 Å². The van der Waals surface area contributed by atoms with E-state index < -0.39 is 10.0 Å². The lowest BCUT2D eigenvalue weighted by molar-refractivity contribution is 0.243. The topological polar surface area (TPSA) is 94.3 Å². The Kier molecular flexibility index (Phi) is 5.32. The van der Waals surface area contributed by atoms with Gasteiger partial charge in [-0.1, -0.05) is 23.4 Å². The molecule has 0 saturated heterocycles. The predicted molar refractivity (Wildman–Crippen MR) is 110 cm³/mol. The monoisotopic (exact) mass is 427 g/mol. The van der Waals surface area contributed by atoms with Gasteiger partial charge in [0.15, 0.2) is 6.61 Å². The highest BCUT2D eigenvalue weighted by Crippen LogP contribution is 2.23. The summed E-state index contributed by atoms with van der Waals surface area (Å²) in [6, 6.07) is 17.7. The zero-order valence-corrected chi connectivity index (χ0v) is 17.0. The van der Waals surface area contributed by atoms with Crippen molar-refractivity contribution in [3.63, 3.8) is 0 Å². The number of hydrogen-bond acceptors (Lipinski definition) is 7. The maximum atomic E-state index is 12.3. The van der Waals surface area contributed by atoms with Gasteiger partial charge in [-0.25, -0.2) is 8.42 Å². The van der Waals surface area contributed by atoms with E-state index in [1.165, 1.54) is 0 Å². The first kappa shape index (κ1) is 19.2. The highest BCUT2D eigenvalue weighted by molar-refractivity contribution is 7.94. The molecule has 9 heteroatoms. The lowest BCUT2D eigenvalue weighted by atomic mass is 10.2. The maximum absolute atomic E-state index is 12.3. The van der Waals surface area contributed by atoms with Crippen molar-refractivity contribution < 1.29 is 17.7 Å². The number of anilines is 1. The van der Waals surface area contributed by atoms with Crippen LogP contribution in [0.4, 0.5) is 5.69 Å². The zero-order valence-electron chi connectivity index (χ0n) is 15.4. The lowest BCUT2D eigenvalue weighted by Gasteiger charge is -2.06. The van der Waals surface area contributed by atoms with Crippen LogP contribution in [-0.4, -0.2) is 18.6 Å². The summed E-state index contributed by atoms with van der Waals surface area (Å²) in [6.07, 6.45) is 0. The van der Waals surface area contributed by atoms with Gasteiger partial charge < -0.3 is 9.26 Å². The molecule has 0 fully saturated rings. The van der Waals surface area contributed by atoms with E-state index in [-0.39, 0.29) is 10.8 Å². The van der Waals surface area contributed by atoms with Gasteiger partial charge in [0.2, 0.25) is 5.82 Å². The van der Waals surface area contributed by atoms with Crippen LogP contribution in [0.25, 0.3) is 11.4 Å². The quantitative estimate of drug-likeness (QED) is 0.467. The van der Waals surface area contributed by atoms with E-state index in [2.05, 4.69) is 14.9 Å². The van der Waals surface area contributed by atoms with Crippen LogP contribution in [0, 0.1) is 6.92 Å². The van der Waals surface area contributed by atoms with Crippen LogP contribution in [0.15, 0.2) is 74.8 Å². The number of aryl methyl sites for hydroxylation is 1. The van der Waals surface area contributed by atoms with E-state index in [4.69, 9.17) is 9.26 Å². The zero-order chi connectivity index (χ0) is 20.3. The Bertz CT molecular complexity index is 1200. The number of nitrogens with one attached hydrogen (secondary N) is 1. The molecule has 4 rings (SSSR count). The number of aromatic nitrogens is 2. The number of hydrogen-bond donors (Lipinski definition) is 1. The first-order valence-corrected chi connectivity index (χ1v) is 11.0. The molecule has 0 radical (unpaired) electrons. The number of thiophene rings is 1. The fraction of sp³-hybridized carbons (Fsp3) is 0.100. The second-order valence-electron chi connectivity index (χ2n) is 6.23. The third-order valence-electron chi connectivity index (χ3n) is 3.98.